The van der Waals surface area contributed by atoms with Crippen molar-refractivity contribution in [3.63, 3.8) is 0 Å². The van der Waals surface area contributed by atoms with E-state index < -0.39 is 17.8 Å². The van der Waals surface area contributed by atoms with Crippen molar-refractivity contribution < 1.29 is 23.8 Å². The van der Waals surface area contributed by atoms with Gasteiger partial charge in [0.05, 0.1) is 23.0 Å². The molecular formula is C22H27ClN4O5S. The van der Waals surface area contributed by atoms with Crippen LogP contribution < -0.4 is 10.2 Å². The van der Waals surface area contributed by atoms with Crippen molar-refractivity contribution >= 4 is 51.2 Å². The number of hydrogen-bond acceptors (Lipinski definition) is 7. The molecule has 3 aromatic rings. The summed E-state index contributed by atoms with van der Waals surface area (Å²) >= 11 is 7.58. The molecule has 2 amide bonds. The van der Waals surface area contributed by atoms with Crippen molar-refractivity contribution in [2.45, 2.75) is 53.2 Å². The standard InChI is InChI=1S/C22H27ClN4O5S/c1-12(10-24-20(28)32-22(3,4)5)9-15-13(2)16-17(33-15)18(26-19(23)25-16)27(21(29)30)11-14-7-6-8-31-14/h6-8,12H,9-11H2,1-5H3,(H,24,28)(H,29,30)/t12-/m0/s1. The predicted octanol–water partition coefficient (Wildman–Crippen LogP) is 5.63. The van der Waals surface area contributed by atoms with E-state index in [-0.39, 0.29) is 23.6 Å². The van der Waals surface area contributed by atoms with Gasteiger partial charge in [-0.05, 0) is 69.3 Å². The maximum absolute atomic E-state index is 12.0. The Hall–Kier alpha value is -2.85. The van der Waals surface area contributed by atoms with Crippen LogP contribution in [0.15, 0.2) is 22.8 Å². The molecule has 0 bridgehead atoms. The van der Waals surface area contributed by atoms with Crippen LogP contribution in [0.4, 0.5) is 15.4 Å². The van der Waals surface area contributed by atoms with Crippen molar-refractivity contribution in [1.82, 2.24) is 15.3 Å². The molecule has 0 aliphatic heterocycles. The maximum Gasteiger partial charge on any atom is 0.413 e. The number of hydrogen-bond donors (Lipinski definition) is 2. The summed E-state index contributed by atoms with van der Waals surface area (Å²) in [6.07, 6.45) is 0.505. The fraction of sp³-hybridized carbons (Fsp3) is 0.455. The second-order valence-corrected chi connectivity index (χ2v) is 10.2. The Kier molecular flexibility index (Phi) is 7.48. The van der Waals surface area contributed by atoms with Gasteiger partial charge in [-0.3, -0.25) is 4.90 Å². The van der Waals surface area contributed by atoms with E-state index in [2.05, 4.69) is 15.3 Å². The molecule has 3 rings (SSSR count). The summed E-state index contributed by atoms with van der Waals surface area (Å²) in [6.45, 7) is 9.80. The zero-order valence-corrected chi connectivity index (χ0v) is 20.7. The Morgan fingerprint density at radius 1 is 1.36 bits per heavy atom. The second-order valence-electron chi connectivity index (χ2n) is 8.78. The fourth-order valence-electron chi connectivity index (χ4n) is 3.22. The van der Waals surface area contributed by atoms with Gasteiger partial charge in [0, 0.05) is 11.4 Å². The molecule has 0 saturated carbocycles. The highest BCUT2D eigenvalue weighted by atomic mass is 35.5. The highest BCUT2D eigenvalue weighted by Crippen LogP contribution is 2.38. The number of furan rings is 1. The number of carbonyl (C=O) groups excluding carboxylic acids is 1. The summed E-state index contributed by atoms with van der Waals surface area (Å²) in [4.78, 5) is 34.7. The van der Waals surface area contributed by atoms with Crippen LogP contribution >= 0.6 is 22.9 Å². The van der Waals surface area contributed by atoms with E-state index in [1.54, 1.807) is 12.1 Å². The summed E-state index contributed by atoms with van der Waals surface area (Å²) < 4.78 is 11.2. The molecule has 0 spiro atoms. The zero-order chi connectivity index (χ0) is 24.3. The topological polar surface area (TPSA) is 118 Å². The van der Waals surface area contributed by atoms with Crippen LogP contribution in [0.3, 0.4) is 0 Å². The summed E-state index contributed by atoms with van der Waals surface area (Å²) in [6, 6.07) is 3.39. The van der Waals surface area contributed by atoms with Crippen molar-refractivity contribution in [1.29, 1.82) is 0 Å². The van der Waals surface area contributed by atoms with E-state index in [0.29, 0.717) is 28.9 Å². The molecule has 1 atom stereocenters. The number of anilines is 1. The first-order valence-corrected chi connectivity index (χ1v) is 11.6. The molecule has 33 heavy (non-hydrogen) atoms. The lowest BCUT2D eigenvalue weighted by atomic mass is 10.0. The number of alkyl carbamates (subject to hydrolysis) is 1. The van der Waals surface area contributed by atoms with E-state index >= 15 is 0 Å². The number of rotatable bonds is 7. The molecule has 178 valence electrons. The third-order valence-electron chi connectivity index (χ3n) is 4.73. The minimum atomic E-state index is -1.18. The average Bonchev–Trinajstić information content (AvgIpc) is 3.32. The Labute approximate surface area is 200 Å². The molecule has 0 radical (unpaired) electrons. The van der Waals surface area contributed by atoms with Gasteiger partial charge in [-0.15, -0.1) is 11.3 Å². The number of halogens is 1. The van der Waals surface area contributed by atoms with Gasteiger partial charge in [0.2, 0.25) is 5.28 Å². The largest absolute Gasteiger partial charge is 0.467 e. The second kappa shape index (κ2) is 9.96. The van der Waals surface area contributed by atoms with Crippen LogP contribution in [-0.2, 0) is 17.7 Å². The van der Waals surface area contributed by atoms with E-state index in [1.807, 2.05) is 34.6 Å². The van der Waals surface area contributed by atoms with Gasteiger partial charge in [-0.25, -0.2) is 14.6 Å². The number of ether oxygens (including phenoxy) is 1. The lowest BCUT2D eigenvalue weighted by Crippen LogP contribution is -2.35. The van der Waals surface area contributed by atoms with Crippen LogP contribution in [0.25, 0.3) is 10.2 Å². The number of nitrogens with zero attached hydrogens (tertiary/aromatic N) is 3. The van der Waals surface area contributed by atoms with E-state index in [0.717, 1.165) is 15.3 Å². The molecule has 3 heterocycles. The van der Waals surface area contributed by atoms with Crippen molar-refractivity contribution in [2.75, 3.05) is 11.4 Å². The molecule has 3 aromatic heterocycles. The molecule has 2 N–H and O–H groups in total. The highest BCUT2D eigenvalue weighted by Gasteiger charge is 2.25. The minimum absolute atomic E-state index is 0.00668. The van der Waals surface area contributed by atoms with Crippen LogP contribution in [0.1, 0.15) is 43.9 Å². The fourth-order valence-corrected chi connectivity index (χ4v) is 4.79. The van der Waals surface area contributed by atoms with Gasteiger partial charge in [0.25, 0.3) is 0 Å². The Morgan fingerprint density at radius 3 is 2.70 bits per heavy atom. The van der Waals surface area contributed by atoms with Gasteiger partial charge in [0.1, 0.15) is 11.4 Å². The third kappa shape index (κ3) is 6.35. The first-order chi connectivity index (χ1) is 15.4. The molecule has 11 heteroatoms. The number of carbonyl (C=O) groups is 2. The van der Waals surface area contributed by atoms with Crippen LogP contribution in [0.5, 0.6) is 0 Å². The number of carboxylic acid groups (broad SMARTS) is 1. The highest BCUT2D eigenvalue weighted by molar-refractivity contribution is 7.19. The molecule has 0 fully saturated rings. The van der Waals surface area contributed by atoms with E-state index in [4.69, 9.17) is 20.8 Å². The molecule has 0 saturated heterocycles. The summed E-state index contributed by atoms with van der Waals surface area (Å²) in [5, 5.41) is 12.6. The van der Waals surface area contributed by atoms with Gasteiger partial charge < -0.3 is 19.6 Å². The molecule has 0 aromatic carbocycles. The SMILES string of the molecule is Cc1c(C[C@H](C)CNC(=O)OC(C)(C)C)sc2c(N(Cc3ccco3)C(=O)O)nc(Cl)nc12. The normalized spacial score (nSPS) is 12.5. The van der Waals surface area contributed by atoms with Crippen molar-refractivity contribution in [2.24, 2.45) is 5.92 Å². The number of thiophene rings is 1. The van der Waals surface area contributed by atoms with E-state index in [9.17, 15) is 14.7 Å². The third-order valence-corrected chi connectivity index (χ3v) is 6.20. The number of amides is 2. The van der Waals surface area contributed by atoms with Gasteiger partial charge in [-0.1, -0.05) is 6.92 Å². The first kappa shape index (κ1) is 24.8. The van der Waals surface area contributed by atoms with Crippen LogP contribution in [0.2, 0.25) is 5.28 Å². The van der Waals surface area contributed by atoms with Crippen molar-refractivity contribution in [3.05, 3.63) is 39.9 Å². The van der Waals surface area contributed by atoms with Crippen LogP contribution in [0, 0.1) is 12.8 Å². The summed E-state index contributed by atoms with van der Waals surface area (Å²) in [5.74, 6) is 0.804. The van der Waals surface area contributed by atoms with Gasteiger partial charge in [0.15, 0.2) is 5.82 Å². The Bertz CT molecular complexity index is 1140. The van der Waals surface area contributed by atoms with E-state index in [1.165, 1.54) is 17.6 Å². The minimum Gasteiger partial charge on any atom is -0.467 e. The quantitative estimate of drug-likeness (QED) is 0.408. The predicted molar refractivity (Wildman–Crippen MR) is 127 cm³/mol. The lowest BCUT2D eigenvalue weighted by Gasteiger charge is -2.20. The van der Waals surface area contributed by atoms with Crippen molar-refractivity contribution in [3.8, 4) is 0 Å². The Balaban J connectivity index is 1.84. The number of fused-ring (bicyclic) bond motifs is 1. The number of aromatic nitrogens is 2. The van der Waals surface area contributed by atoms with Gasteiger partial charge in [-0.2, -0.15) is 4.98 Å². The smallest absolute Gasteiger partial charge is 0.413 e. The number of aryl methyl sites for hydroxylation is 1. The zero-order valence-electron chi connectivity index (χ0n) is 19.1. The molecule has 9 nitrogen and oxygen atoms in total. The van der Waals surface area contributed by atoms with Crippen LogP contribution in [-0.4, -0.2) is 39.4 Å². The molecule has 0 aliphatic rings. The number of nitrogens with one attached hydrogen (secondary N) is 1. The van der Waals surface area contributed by atoms with Gasteiger partial charge >= 0.3 is 12.2 Å². The first-order valence-electron chi connectivity index (χ1n) is 10.4. The maximum atomic E-state index is 12.0. The molecule has 0 unspecified atom stereocenters. The summed E-state index contributed by atoms with van der Waals surface area (Å²) in [7, 11) is 0. The monoisotopic (exact) mass is 494 g/mol. The lowest BCUT2D eigenvalue weighted by molar-refractivity contribution is 0.0520. The molecule has 0 aliphatic carbocycles. The molecular weight excluding hydrogens is 468 g/mol. The summed E-state index contributed by atoms with van der Waals surface area (Å²) in [5.41, 5.74) is 0.964. The Morgan fingerprint density at radius 2 is 2.09 bits per heavy atom. The average molecular weight is 495 g/mol.